The first-order chi connectivity index (χ1) is 11.4. The van der Waals surface area contributed by atoms with Gasteiger partial charge in [-0.25, -0.2) is 0 Å². The third-order valence-electron chi connectivity index (χ3n) is 2.82. The molecule has 0 atom stereocenters. The average molecular weight is 353 g/mol. The number of hydrogen-bond acceptors (Lipinski definition) is 7. The standard InChI is InChI=1S/C12H19N7S.C2H4O2/c1-4-5-18-10(6-13)16-17-12(18)20-7-11-15-14-8-19(11)9(2)3;1-2(3)4/h4,8-9H,1,5-7,13H2,2-3H3;1H3,(H,3,4). The second-order valence-electron chi connectivity index (χ2n) is 5.06. The van der Waals surface area contributed by atoms with Crippen LogP contribution in [0.25, 0.3) is 0 Å². The molecular formula is C14H23N7O2S. The molecule has 0 aliphatic heterocycles. The van der Waals surface area contributed by atoms with Crippen molar-refractivity contribution in [1.29, 1.82) is 0 Å². The maximum absolute atomic E-state index is 9.00. The van der Waals surface area contributed by atoms with Crippen molar-refractivity contribution in [2.45, 2.75) is 50.8 Å². The highest BCUT2D eigenvalue weighted by Gasteiger charge is 2.13. The van der Waals surface area contributed by atoms with Gasteiger partial charge in [0.25, 0.3) is 5.97 Å². The number of carboxylic acids is 1. The summed E-state index contributed by atoms with van der Waals surface area (Å²) in [4.78, 5) is 9.00. The van der Waals surface area contributed by atoms with Crippen molar-refractivity contribution in [2.75, 3.05) is 0 Å². The highest BCUT2D eigenvalue weighted by atomic mass is 32.2. The van der Waals surface area contributed by atoms with Gasteiger partial charge in [0.2, 0.25) is 0 Å². The number of carbonyl (C=O) groups is 1. The summed E-state index contributed by atoms with van der Waals surface area (Å²) in [6, 6.07) is 0.339. The summed E-state index contributed by atoms with van der Waals surface area (Å²) in [5.41, 5.74) is 5.66. The molecule has 9 nitrogen and oxygen atoms in total. The Morgan fingerprint density at radius 1 is 1.42 bits per heavy atom. The molecule has 2 rings (SSSR count). The van der Waals surface area contributed by atoms with E-state index >= 15 is 0 Å². The molecule has 0 bridgehead atoms. The molecule has 2 heterocycles. The number of aliphatic carboxylic acids is 1. The van der Waals surface area contributed by atoms with E-state index in [2.05, 4.69) is 40.8 Å². The van der Waals surface area contributed by atoms with Crippen LogP contribution in [0.3, 0.4) is 0 Å². The maximum atomic E-state index is 9.00. The second-order valence-corrected chi connectivity index (χ2v) is 6.00. The lowest BCUT2D eigenvalue weighted by Crippen LogP contribution is -2.09. The van der Waals surface area contributed by atoms with Gasteiger partial charge in [0, 0.05) is 19.5 Å². The van der Waals surface area contributed by atoms with Crippen LogP contribution in [0, 0.1) is 0 Å². The Bertz CT molecular complexity index is 662. The largest absolute Gasteiger partial charge is 0.481 e. The summed E-state index contributed by atoms with van der Waals surface area (Å²) >= 11 is 1.58. The van der Waals surface area contributed by atoms with E-state index in [0.29, 0.717) is 24.9 Å². The first-order valence-electron chi connectivity index (χ1n) is 7.34. The Kier molecular flexibility index (Phi) is 8.13. The third kappa shape index (κ3) is 5.78. The number of nitrogens with two attached hydrogens (primary N) is 1. The van der Waals surface area contributed by atoms with Crippen LogP contribution in [0.1, 0.15) is 38.5 Å². The molecule has 0 aliphatic carbocycles. The monoisotopic (exact) mass is 353 g/mol. The second kappa shape index (κ2) is 9.83. The van der Waals surface area contributed by atoms with Crippen LogP contribution in [0.15, 0.2) is 24.1 Å². The zero-order chi connectivity index (χ0) is 18.1. The van der Waals surface area contributed by atoms with Crippen molar-refractivity contribution >= 4 is 17.7 Å². The summed E-state index contributed by atoms with van der Waals surface area (Å²) < 4.78 is 4.01. The minimum absolute atomic E-state index is 0.339. The van der Waals surface area contributed by atoms with Crippen LogP contribution < -0.4 is 5.73 Å². The van der Waals surface area contributed by atoms with Gasteiger partial charge in [-0.15, -0.1) is 27.0 Å². The van der Waals surface area contributed by atoms with E-state index in [1.54, 1.807) is 18.1 Å². The molecule has 0 aliphatic rings. The van der Waals surface area contributed by atoms with Crippen molar-refractivity contribution in [3.05, 3.63) is 30.6 Å². The summed E-state index contributed by atoms with van der Waals surface area (Å²) in [6.07, 6.45) is 3.56. The summed E-state index contributed by atoms with van der Waals surface area (Å²) in [7, 11) is 0. The Labute approximate surface area is 145 Å². The first-order valence-corrected chi connectivity index (χ1v) is 8.33. The van der Waals surface area contributed by atoms with E-state index in [0.717, 1.165) is 23.7 Å². The average Bonchev–Trinajstić information content (AvgIpc) is 3.11. The van der Waals surface area contributed by atoms with E-state index in [1.807, 2.05) is 15.2 Å². The molecule has 0 spiro atoms. The molecule has 3 N–H and O–H groups in total. The highest BCUT2D eigenvalue weighted by molar-refractivity contribution is 7.98. The zero-order valence-corrected chi connectivity index (χ0v) is 14.9. The van der Waals surface area contributed by atoms with E-state index < -0.39 is 5.97 Å². The van der Waals surface area contributed by atoms with Crippen LogP contribution in [-0.4, -0.2) is 40.6 Å². The molecule has 2 aromatic rings. The van der Waals surface area contributed by atoms with E-state index in [1.165, 1.54) is 0 Å². The molecule has 2 aromatic heterocycles. The van der Waals surface area contributed by atoms with Gasteiger partial charge in [0.15, 0.2) is 5.16 Å². The summed E-state index contributed by atoms with van der Waals surface area (Å²) in [6.45, 7) is 10.0. The van der Waals surface area contributed by atoms with Crippen LogP contribution >= 0.6 is 11.8 Å². The minimum Gasteiger partial charge on any atom is -0.481 e. The van der Waals surface area contributed by atoms with Gasteiger partial charge in [0.05, 0.1) is 12.3 Å². The zero-order valence-electron chi connectivity index (χ0n) is 14.1. The lowest BCUT2D eigenvalue weighted by molar-refractivity contribution is -0.134. The number of carboxylic acid groups (broad SMARTS) is 1. The lowest BCUT2D eigenvalue weighted by atomic mass is 10.4. The minimum atomic E-state index is -0.833. The van der Waals surface area contributed by atoms with Gasteiger partial charge in [-0.2, -0.15) is 0 Å². The molecule has 0 fully saturated rings. The summed E-state index contributed by atoms with van der Waals surface area (Å²) in [5.74, 6) is 1.54. The molecule has 0 saturated heterocycles. The fourth-order valence-electron chi connectivity index (χ4n) is 1.82. The Balaban J connectivity index is 0.000000648. The van der Waals surface area contributed by atoms with Gasteiger partial charge in [-0.3, -0.25) is 4.79 Å². The molecule has 24 heavy (non-hydrogen) atoms. The summed E-state index contributed by atoms with van der Waals surface area (Å²) in [5, 5.41) is 24.6. The SMILES string of the molecule is C=CCn1c(CN)nnc1SCc1nncn1C(C)C.CC(=O)O. The highest BCUT2D eigenvalue weighted by Crippen LogP contribution is 2.22. The number of thioether (sulfide) groups is 1. The Morgan fingerprint density at radius 3 is 2.62 bits per heavy atom. The van der Waals surface area contributed by atoms with E-state index in [9.17, 15) is 0 Å². The predicted molar refractivity (Wildman–Crippen MR) is 91.4 cm³/mol. The van der Waals surface area contributed by atoms with Crippen molar-refractivity contribution in [3.8, 4) is 0 Å². The number of nitrogens with zero attached hydrogens (tertiary/aromatic N) is 6. The van der Waals surface area contributed by atoms with Crippen LogP contribution in [0.2, 0.25) is 0 Å². The topological polar surface area (TPSA) is 125 Å². The molecule has 10 heteroatoms. The number of hydrogen-bond donors (Lipinski definition) is 2. The molecule has 0 saturated carbocycles. The molecular weight excluding hydrogens is 330 g/mol. The van der Waals surface area contributed by atoms with Gasteiger partial charge in [-0.05, 0) is 13.8 Å². The Hall–Kier alpha value is -2.20. The van der Waals surface area contributed by atoms with Crippen LogP contribution in [-0.2, 0) is 23.6 Å². The van der Waals surface area contributed by atoms with E-state index in [4.69, 9.17) is 15.6 Å². The van der Waals surface area contributed by atoms with Crippen molar-refractivity contribution < 1.29 is 9.90 Å². The quantitative estimate of drug-likeness (QED) is 0.566. The molecule has 0 unspecified atom stereocenters. The van der Waals surface area contributed by atoms with Crippen molar-refractivity contribution in [3.63, 3.8) is 0 Å². The van der Waals surface area contributed by atoms with Crippen LogP contribution in [0.5, 0.6) is 0 Å². The number of rotatable bonds is 7. The first kappa shape index (κ1) is 19.8. The van der Waals surface area contributed by atoms with Gasteiger partial charge in [0.1, 0.15) is 18.0 Å². The molecule has 0 amide bonds. The van der Waals surface area contributed by atoms with Gasteiger partial charge in [-0.1, -0.05) is 17.8 Å². The lowest BCUT2D eigenvalue weighted by Gasteiger charge is -2.10. The smallest absolute Gasteiger partial charge is 0.300 e. The molecule has 132 valence electrons. The van der Waals surface area contributed by atoms with Crippen molar-refractivity contribution in [2.24, 2.45) is 5.73 Å². The van der Waals surface area contributed by atoms with Gasteiger partial charge < -0.3 is 20.0 Å². The fourth-order valence-corrected chi connectivity index (χ4v) is 2.72. The maximum Gasteiger partial charge on any atom is 0.300 e. The normalized spacial score (nSPS) is 10.4. The third-order valence-corrected chi connectivity index (χ3v) is 3.78. The van der Waals surface area contributed by atoms with E-state index in [-0.39, 0.29) is 0 Å². The number of allylic oxidation sites excluding steroid dienone is 1. The predicted octanol–water partition coefficient (Wildman–Crippen LogP) is 1.48. The van der Waals surface area contributed by atoms with Gasteiger partial charge >= 0.3 is 0 Å². The van der Waals surface area contributed by atoms with Crippen molar-refractivity contribution in [1.82, 2.24) is 29.5 Å². The molecule has 0 aromatic carbocycles. The number of aromatic nitrogens is 6. The molecule has 0 radical (unpaired) electrons. The van der Waals surface area contributed by atoms with Crippen LogP contribution in [0.4, 0.5) is 0 Å². The fraction of sp³-hybridized carbons (Fsp3) is 0.500. The Morgan fingerprint density at radius 2 is 2.08 bits per heavy atom.